The van der Waals surface area contributed by atoms with Crippen LogP contribution in [-0.4, -0.2) is 21.0 Å². The van der Waals surface area contributed by atoms with Crippen molar-refractivity contribution in [2.45, 2.75) is 9.92 Å². The van der Waals surface area contributed by atoms with E-state index in [1.54, 1.807) is 12.1 Å². The lowest BCUT2D eigenvalue weighted by Gasteiger charge is -2.01. The maximum Gasteiger partial charge on any atom is 0.356 e. The predicted octanol–water partition coefficient (Wildman–Crippen LogP) is 2.98. The van der Waals surface area contributed by atoms with Crippen LogP contribution < -0.4 is 0 Å². The summed E-state index contributed by atoms with van der Waals surface area (Å²) >= 11 is 7.16. The van der Waals surface area contributed by atoms with Crippen LogP contribution >= 0.6 is 23.4 Å². The number of carboxylic acid groups (broad SMARTS) is 1. The highest BCUT2D eigenvalue weighted by molar-refractivity contribution is 7.99. The summed E-state index contributed by atoms with van der Waals surface area (Å²) in [5, 5.41) is 9.93. The van der Waals surface area contributed by atoms with Gasteiger partial charge in [0.2, 0.25) is 0 Å². The molecule has 0 aliphatic rings. The highest BCUT2D eigenvalue weighted by atomic mass is 35.5. The summed E-state index contributed by atoms with van der Waals surface area (Å²) < 4.78 is 0. The minimum Gasteiger partial charge on any atom is -0.476 e. The van der Waals surface area contributed by atoms with Crippen LogP contribution in [0.3, 0.4) is 0 Å². The molecule has 86 valence electrons. The molecule has 1 aromatic heterocycles. The highest BCUT2D eigenvalue weighted by Crippen LogP contribution is 2.27. The number of aromatic carboxylic acids is 1. The first-order valence-corrected chi connectivity index (χ1v) is 5.83. The number of benzene rings is 1. The quantitative estimate of drug-likeness (QED) is 0.925. The van der Waals surface area contributed by atoms with E-state index in [4.69, 9.17) is 16.7 Å². The molecule has 0 saturated carbocycles. The molecule has 0 fully saturated rings. The molecule has 4 nitrogen and oxygen atoms in total. The van der Waals surface area contributed by atoms with Gasteiger partial charge in [-0.2, -0.15) is 0 Å². The van der Waals surface area contributed by atoms with Crippen molar-refractivity contribution in [3.8, 4) is 0 Å². The Morgan fingerprint density at radius 3 is 2.88 bits per heavy atom. The number of nitrogens with zero attached hydrogens (tertiary/aromatic N) is 2. The van der Waals surface area contributed by atoms with Crippen LogP contribution in [-0.2, 0) is 0 Å². The van der Waals surface area contributed by atoms with Gasteiger partial charge in [-0.1, -0.05) is 29.4 Å². The van der Waals surface area contributed by atoms with E-state index in [1.807, 2.05) is 12.1 Å². The van der Waals surface area contributed by atoms with E-state index in [2.05, 4.69) is 9.97 Å². The Balaban J connectivity index is 2.24. The monoisotopic (exact) mass is 266 g/mol. The van der Waals surface area contributed by atoms with Crippen LogP contribution in [0.5, 0.6) is 0 Å². The van der Waals surface area contributed by atoms with Crippen LogP contribution in [0.4, 0.5) is 0 Å². The first-order valence-electron chi connectivity index (χ1n) is 4.64. The van der Waals surface area contributed by atoms with Gasteiger partial charge in [0.1, 0.15) is 5.03 Å². The molecule has 6 heteroatoms. The molecular weight excluding hydrogens is 260 g/mol. The van der Waals surface area contributed by atoms with Gasteiger partial charge in [-0.15, -0.1) is 0 Å². The van der Waals surface area contributed by atoms with E-state index in [0.717, 1.165) is 4.90 Å². The van der Waals surface area contributed by atoms with Crippen LogP contribution in [0.1, 0.15) is 10.5 Å². The topological polar surface area (TPSA) is 63.1 Å². The lowest BCUT2D eigenvalue weighted by Crippen LogP contribution is -2.01. The Kier molecular flexibility index (Phi) is 3.61. The largest absolute Gasteiger partial charge is 0.476 e. The molecule has 1 N–H and O–H groups in total. The van der Waals surface area contributed by atoms with Gasteiger partial charge >= 0.3 is 5.97 Å². The number of carbonyl (C=O) groups is 1. The van der Waals surface area contributed by atoms with E-state index < -0.39 is 5.97 Å². The molecule has 17 heavy (non-hydrogen) atoms. The van der Waals surface area contributed by atoms with Crippen molar-refractivity contribution in [2.75, 3.05) is 0 Å². The molecule has 0 atom stereocenters. The molecule has 0 amide bonds. The molecule has 0 aliphatic carbocycles. The van der Waals surface area contributed by atoms with Gasteiger partial charge in [-0.05, 0) is 18.2 Å². The highest BCUT2D eigenvalue weighted by Gasteiger charge is 2.07. The second-order valence-electron chi connectivity index (χ2n) is 3.11. The third-order valence-corrected chi connectivity index (χ3v) is 2.98. The summed E-state index contributed by atoms with van der Waals surface area (Å²) in [4.78, 5) is 19.4. The van der Waals surface area contributed by atoms with E-state index >= 15 is 0 Å². The van der Waals surface area contributed by atoms with E-state index in [0.29, 0.717) is 10.0 Å². The first-order chi connectivity index (χ1) is 8.15. The summed E-state index contributed by atoms with van der Waals surface area (Å²) in [7, 11) is 0. The second-order valence-corrected chi connectivity index (χ2v) is 4.64. The van der Waals surface area contributed by atoms with E-state index in [1.165, 1.54) is 24.2 Å². The molecular formula is C11H7ClN2O2S. The molecule has 0 spiro atoms. The zero-order chi connectivity index (χ0) is 12.3. The summed E-state index contributed by atoms with van der Waals surface area (Å²) in [6, 6.07) is 7.23. The Hall–Kier alpha value is -1.59. The molecule has 0 aliphatic heterocycles. The van der Waals surface area contributed by atoms with Gasteiger partial charge in [0, 0.05) is 9.92 Å². The normalized spacial score (nSPS) is 10.2. The number of halogens is 1. The van der Waals surface area contributed by atoms with Crippen molar-refractivity contribution in [3.63, 3.8) is 0 Å². The Morgan fingerprint density at radius 1 is 1.35 bits per heavy atom. The van der Waals surface area contributed by atoms with Gasteiger partial charge in [-0.3, -0.25) is 4.98 Å². The zero-order valence-electron chi connectivity index (χ0n) is 8.50. The predicted molar refractivity (Wildman–Crippen MR) is 64.6 cm³/mol. The van der Waals surface area contributed by atoms with Crippen molar-refractivity contribution >= 4 is 29.3 Å². The van der Waals surface area contributed by atoms with Crippen LogP contribution in [0, 0.1) is 0 Å². The standard InChI is InChI=1S/C11H7ClN2O2S/c12-7-2-1-3-8(4-7)17-10-6-13-5-9(14-10)11(15)16/h1-6H,(H,15,16). The maximum absolute atomic E-state index is 10.7. The van der Waals surface area contributed by atoms with Crippen LogP contribution in [0.25, 0.3) is 0 Å². The lowest BCUT2D eigenvalue weighted by atomic mass is 10.4. The van der Waals surface area contributed by atoms with Crippen molar-refractivity contribution in [1.82, 2.24) is 9.97 Å². The van der Waals surface area contributed by atoms with Crippen molar-refractivity contribution < 1.29 is 9.90 Å². The minimum absolute atomic E-state index is 0.0722. The van der Waals surface area contributed by atoms with Gasteiger partial charge < -0.3 is 5.11 Å². The smallest absolute Gasteiger partial charge is 0.356 e. The van der Waals surface area contributed by atoms with Gasteiger partial charge in [0.05, 0.1) is 12.4 Å². The lowest BCUT2D eigenvalue weighted by molar-refractivity contribution is 0.0689. The fourth-order valence-electron chi connectivity index (χ4n) is 1.15. The summed E-state index contributed by atoms with van der Waals surface area (Å²) in [6.45, 7) is 0. The molecule has 1 aromatic carbocycles. The second kappa shape index (κ2) is 5.16. The van der Waals surface area contributed by atoms with Crippen LogP contribution in [0.15, 0.2) is 46.6 Å². The first kappa shape index (κ1) is 11.9. The fraction of sp³-hybridized carbons (Fsp3) is 0. The molecule has 0 radical (unpaired) electrons. The van der Waals surface area contributed by atoms with Crippen molar-refractivity contribution in [1.29, 1.82) is 0 Å². The fourth-order valence-corrected chi connectivity index (χ4v) is 2.24. The molecule has 1 heterocycles. The Morgan fingerprint density at radius 2 is 2.18 bits per heavy atom. The molecule has 2 aromatic rings. The van der Waals surface area contributed by atoms with Gasteiger partial charge in [0.15, 0.2) is 5.69 Å². The summed E-state index contributed by atoms with van der Waals surface area (Å²) in [5.74, 6) is -1.09. The zero-order valence-corrected chi connectivity index (χ0v) is 10.1. The number of hydrogen-bond acceptors (Lipinski definition) is 4. The number of rotatable bonds is 3. The average Bonchev–Trinajstić information content (AvgIpc) is 2.29. The van der Waals surface area contributed by atoms with E-state index in [9.17, 15) is 4.79 Å². The average molecular weight is 267 g/mol. The SMILES string of the molecule is O=C(O)c1cncc(Sc2cccc(Cl)c2)n1. The maximum atomic E-state index is 10.7. The number of aromatic nitrogens is 2. The van der Waals surface area contributed by atoms with Crippen molar-refractivity contribution in [2.24, 2.45) is 0 Å². The number of hydrogen-bond donors (Lipinski definition) is 1. The summed E-state index contributed by atoms with van der Waals surface area (Å²) in [6.07, 6.45) is 2.72. The molecule has 2 rings (SSSR count). The third-order valence-electron chi connectivity index (χ3n) is 1.85. The van der Waals surface area contributed by atoms with Crippen molar-refractivity contribution in [3.05, 3.63) is 47.4 Å². The summed E-state index contributed by atoms with van der Waals surface area (Å²) in [5.41, 5.74) is -0.0722. The Bertz CT molecular complexity index is 563. The number of carboxylic acids is 1. The third kappa shape index (κ3) is 3.18. The van der Waals surface area contributed by atoms with Gasteiger partial charge in [-0.25, -0.2) is 9.78 Å². The van der Waals surface area contributed by atoms with Crippen LogP contribution in [0.2, 0.25) is 5.02 Å². The van der Waals surface area contributed by atoms with Gasteiger partial charge in [0.25, 0.3) is 0 Å². The molecule has 0 saturated heterocycles. The molecule has 0 bridgehead atoms. The molecule has 0 unspecified atom stereocenters. The Labute approximate surface area is 107 Å². The minimum atomic E-state index is -1.09. The van der Waals surface area contributed by atoms with E-state index in [-0.39, 0.29) is 5.69 Å².